The van der Waals surface area contributed by atoms with Crippen molar-refractivity contribution in [3.05, 3.63) is 25.3 Å². The predicted octanol–water partition coefficient (Wildman–Crippen LogP) is 2.77. The first-order valence-corrected chi connectivity index (χ1v) is 9.62. The molecule has 0 saturated carbocycles. The van der Waals surface area contributed by atoms with Gasteiger partial charge in [0.2, 0.25) is 7.37 Å². The molecule has 6 nitrogen and oxygen atoms in total. The van der Waals surface area contributed by atoms with Crippen LogP contribution in [0.15, 0.2) is 25.3 Å². The zero-order valence-corrected chi connectivity index (χ0v) is 14.8. The number of carbonyl (C=O) groups excluding carboxylic acids is 2. The molecule has 0 aliphatic carbocycles. The van der Waals surface area contributed by atoms with E-state index >= 15 is 0 Å². The van der Waals surface area contributed by atoms with Crippen molar-refractivity contribution >= 4 is 19.3 Å². The van der Waals surface area contributed by atoms with Crippen molar-refractivity contribution in [2.45, 2.75) is 26.7 Å². The Balaban J connectivity index is 4.07. The molecule has 0 rings (SSSR count). The summed E-state index contributed by atoms with van der Waals surface area (Å²) in [4.78, 5) is 31.9. The van der Waals surface area contributed by atoms with Crippen LogP contribution in [0.4, 0.5) is 0 Å². The van der Waals surface area contributed by atoms with Crippen LogP contribution in [0.5, 0.6) is 0 Å². The molecule has 2 unspecified atom stereocenters. The maximum atomic E-state index is 12.2. The Bertz CT molecular complexity index is 421. The molecule has 0 aliphatic heterocycles. The highest BCUT2D eigenvalue weighted by Crippen LogP contribution is 2.45. The highest BCUT2D eigenvalue weighted by Gasteiger charge is 2.24. The fourth-order valence-electron chi connectivity index (χ4n) is 2.07. The molecule has 1 N–H and O–H groups in total. The second-order valence-corrected chi connectivity index (χ2v) is 8.17. The first-order valence-electron chi connectivity index (χ1n) is 7.59. The van der Waals surface area contributed by atoms with Gasteiger partial charge in [0.05, 0.1) is 13.2 Å². The number of hydrogen-bond donors (Lipinski definition) is 1. The van der Waals surface area contributed by atoms with Crippen molar-refractivity contribution < 1.29 is 28.5 Å². The molecule has 0 spiro atoms. The maximum Gasteiger partial charge on any atom is 0.330 e. The molecule has 0 aromatic carbocycles. The van der Waals surface area contributed by atoms with Gasteiger partial charge in [-0.2, -0.15) is 0 Å². The third-order valence-corrected chi connectivity index (χ3v) is 5.63. The van der Waals surface area contributed by atoms with E-state index in [-0.39, 0.29) is 37.4 Å². The van der Waals surface area contributed by atoms with E-state index < -0.39 is 19.3 Å². The molecule has 7 heteroatoms. The first kappa shape index (κ1) is 21.6. The van der Waals surface area contributed by atoms with Gasteiger partial charge in [0.1, 0.15) is 0 Å². The van der Waals surface area contributed by atoms with Crippen molar-refractivity contribution in [1.29, 1.82) is 0 Å². The van der Waals surface area contributed by atoms with Crippen LogP contribution in [0.3, 0.4) is 0 Å². The van der Waals surface area contributed by atoms with Gasteiger partial charge in [0.15, 0.2) is 0 Å². The lowest BCUT2D eigenvalue weighted by molar-refractivity contribution is -0.138. The van der Waals surface area contributed by atoms with Crippen molar-refractivity contribution in [3.8, 4) is 0 Å². The molecule has 0 aliphatic rings. The molecule has 0 saturated heterocycles. The molecule has 132 valence electrons. The number of esters is 2. The Morgan fingerprint density at radius 1 is 1.00 bits per heavy atom. The lowest BCUT2D eigenvalue weighted by Gasteiger charge is -2.20. The molecule has 0 radical (unpaired) electrons. The predicted molar refractivity (Wildman–Crippen MR) is 89.4 cm³/mol. The lowest BCUT2D eigenvalue weighted by Crippen LogP contribution is -2.14. The van der Waals surface area contributed by atoms with Gasteiger partial charge in [0, 0.05) is 24.5 Å². The molecule has 23 heavy (non-hydrogen) atoms. The van der Waals surface area contributed by atoms with E-state index in [0.29, 0.717) is 12.8 Å². The van der Waals surface area contributed by atoms with Crippen molar-refractivity contribution in [2.24, 2.45) is 11.8 Å². The topological polar surface area (TPSA) is 89.9 Å². The third-order valence-electron chi connectivity index (χ3n) is 3.24. The molecule has 0 bridgehead atoms. The smallest absolute Gasteiger partial charge is 0.330 e. The summed E-state index contributed by atoms with van der Waals surface area (Å²) < 4.78 is 22.0. The number of hydrogen-bond acceptors (Lipinski definition) is 5. The van der Waals surface area contributed by atoms with E-state index in [1.807, 2.05) is 13.8 Å². The minimum absolute atomic E-state index is 0.0331. The first-order chi connectivity index (χ1) is 10.7. The Kier molecular flexibility index (Phi) is 10.5. The summed E-state index contributed by atoms with van der Waals surface area (Å²) >= 11 is 0. The van der Waals surface area contributed by atoms with Gasteiger partial charge in [0.25, 0.3) is 0 Å². The van der Waals surface area contributed by atoms with E-state index in [4.69, 9.17) is 9.47 Å². The van der Waals surface area contributed by atoms with Crippen LogP contribution in [0.25, 0.3) is 0 Å². The van der Waals surface area contributed by atoms with Crippen LogP contribution in [-0.4, -0.2) is 42.4 Å². The quantitative estimate of drug-likeness (QED) is 0.332. The summed E-state index contributed by atoms with van der Waals surface area (Å²) in [7, 11) is -3.27. The van der Waals surface area contributed by atoms with Gasteiger partial charge in [-0.05, 0) is 24.7 Å². The summed E-state index contributed by atoms with van der Waals surface area (Å²) in [5.41, 5.74) is 0. The van der Waals surface area contributed by atoms with Gasteiger partial charge < -0.3 is 14.4 Å². The van der Waals surface area contributed by atoms with Crippen LogP contribution in [0.2, 0.25) is 0 Å². The number of rotatable bonds is 12. The summed E-state index contributed by atoms with van der Waals surface area (Å²) in [6.07, 6.45) is 3.57. The van der Waals surface area contributed by atoms with Crippen molar-refractivity contribution in [3.63, 3.8) is 0 Å². The molecule has 0 aromatic rings. The summed E-state index contributed by atoms with van der Waals surface area (Å²) in [5, 5.41) is 0. The monoisotopic (exact) mass is 346 g/mol. The van der Waals surface area contributed by atoms with E-state index in [0.717, 1.165) is 12.2 Å². The summed E-state index contributed by atoms with van der Waals surface area (Å²) in [5.74, 6) is -1.05. The number of carbonyl (C=O) groups is 2. The van der Waals surface area contributed by atoms with E-state index in [2.05, 4.69) is 13.2 Å². The molecule has 0 heterocycles. The fourth-order valence-corrected chi connectivity index (χ4v) is 4.53. The van der Waals surface area contributed by atoms with Crippen LogP contribution < -0.4 is 0 Å². The van der Waals surface area contributed by atoms with Gasteiger partial charge >= 0.3 is 11.9 Å². The standard InChI is InChI=1S/C16H27O6P/c1-5-15(17)21-9-7-13(3)11-23(19,20)12-14(4)8-10-22-16(18)6-2/h5-6,13-14H,1-2,7-12H2,3-4H3,(H,19,20). The highest BCUT2D eigenvalue weighted by molar-refractivity contribution is 7.58. The SMILES string of the molecule is C=CC(=O)OCCC(C)CP(=O)(O)CC(C)CCOC(=O)C=C. The minimum Gasteiger partial charge on any atom is -0.463 e. The van der Waals surface area contributed by atoms with Crippen LogP contribution in [-0.2, 0) is 23.6 Å². The van der Waals surface area contributed by atoms with Crippen molar-refractivity contribution in [2.75, 3.05) is 25.5 Å². The zero-order chi connectivity index (χ0) is 17.9. The second-order valence-electron chi connectivity index (χ2n) is 5.74. The van der Waals surface area contributed by atoms with E-state index in [9.17, 15) is 19.0 Å². The third kappa shape index (κ3) is 11.8. The average molecular weight is 346 g/mol. The van der Waals surface area contributed by atoms with Gasteiger partial charge in [-0.3, -0.25) is 4.57 Å². The van der Waals surface area contributed by atoms with E-state index in [1.165, 1.54) is 0 Å². The van der Waals surface area contributed by atoms with Crippen LogP contribution in [0.1, 0.15) is 26.7 Å². The van der Waals surface area contributed by atoms with E-state index in [1.54, 1.807) is 0 Å². The second kappa shape index (κ2) is 11.2. The molecule has 2 atom stereocenters. The molecular weight excluding hydrogens is 319 g/mol. The summed E-state index contributed by atoms with van der Waals surface area (Å²) in [6, 6.07) is 0. The average Bonchev–Trinajstić information content (AvgIpc) is 2.45. The van der Waals surface area contributed by atoms with Gasteiger partial charge in [-0.25, -0.2) is 9.59 Å². The zero-order valence-electron chi connectivity index (χ0n) is 13.9. The Labute approximate surface area is 138 Å². The molecule has 0 fully saturated rings. The Morgan fingerprint density at radius 3 is 1.65 bits per heavy atom. The van der Waals surface area contributed by atoms with Crippen LogP contribution in [0, 0.1) is 11.8 Å². The molecule has 0 amide bonds. The van der Waals surface area contributed by atoms with Crippen molar-refractivity contribution in [1.82, 2.24) is 0 Å². The maximum absolute atomic E-state index is 12.2. The molecule has 0 aromatic heterocycles. The Hall–Kier alpha value is -1.39. The summed E-state index contributed by atoms with van der Waals surface area (Å²) in [6.45, 7) is 10.7. The van der Waals surface area contributed by atoms with Gasteiger partial charge in [-0.15, -0.1) is 0 Å². The fraction of sp³-hybridized carbons (Fsp3) is 0.625. The normalized spacial score (nSPS) is 15.8. The van der Waals surface area contributed by atoms with Gasteiger partial charge in [-0.1, -0.05) is 27.0 Å². The minimum atomic E-state index is -3.27. The van der Waals surface area contributed by atoms with Crippen LogP contribution >= 0.6 is 7.37 Å². The largest absolute Gasteiger partial charge is 0.463 e. The lowest BCUT2D eigenvalue weighted by atomic mass is 10.1. The number of ether oxygens (including phenoxy) is 2. The Morgan fingerprint density at radius 2 is 1.35 bits per heavy atom. The highest BCUT2D eigenvalue weighted by atomic mass is 31.2. The molecular formula is C16H27O6P.